The van der Waals surface area contributed by atoms with E-state index in [9.17, 15) is 4.79 Å². The van der Waals surface area contributed by atoms with Crippen LogP contribution in [-0.2, 0) is 9.22 Å². The normalized spacial score (nSPS) is 21.0. The summed E-state index contributed by atoms with van der Waals surface area (Å²) in [5.41, 5.74) is 5.52. The van der Waals surface area contributed by atoms with Gasteiger partial charge in [-0.25, -0.2) is 0 Å². The third-order valence-electron chi connectivity index (χ3n) is 5.84. The van der Waals surface area contributed by atoms with E-state index in [1.54, 1.807) is 0 Å². The fourth-order valence-electron chi connectivity index (χ4n) is 4.41. The molecule has 27 heavy (non-hydrogen) atoms. The van der Waals surface area contributed by atoms with Gasteiger partial charge >= 0.3 is 0 Å². The monoisotopic (exact) mass is 381 g/mol. The van der Waals surface area contributed by atoms with E-state index in [1.165, 1.54) is 10.4 Å². The Morgan fingerprint density at radius 1 is 0.889 bits per heavy atom. The molecule has 0 bridgehead atoms. The predicted molar refractivity (Wildman–Crippen MR) is 114 cm³/mol. The van der Waals surface area contributed by atoms with Crippen LogP contribution in [0.5, 0.6) is 0 Å². The van der Waals surface area contributed by atoms with Crippen LogP contribution in [0.15, 0.2) is 60.7 Å². The molecule has 1 aliphatic rings. The second kappa shape index (κ2) is 7.99. The van der Waals surface area contributed by atoms with Crippen LogP contribution in [0.3, 0.4) is 0 Å². The largest absolute Gasteiger partial charge is 0.404 e. The molecular weight excluding hydrogens is 350 g/mol. The van der Waals surface area contributed by atoms with Crippen molar-refractivity contribution in [3.05, 3.63) is 60.7 Å². The van der Waals surface area contributed by atoms with Gasteiger partial charge in [0.1, 0.15) is 0 Å². The Kier molecular flexibility index (Phi) is 5.87. The highest BCUT2D eigenvalue weighted by atomic mass is 28.4. The maximum atomic E-state index is 11.5. The number of amides is 1. The highest BCUT2D eigenvalue weighted by Gasteiger charge is 2.51. The molecule has 0 heterocycles. The Bertz CT molecular complexity index is 707. The molecule has 0 saturated heterocycles. The molecule has 2 aromatic carbocycles. The summed E-state index contributed by atoms with van der Waals surface area (Å²) in [4.78, 5) is 11.5. The Morgan fingerprint density at radius 2 is 1.33 bits per heavy atom. The highest BCUT2D eigenvalue weighted by molar-refractivity contribution is 6.99. The Labute approximate surface area is 164 Å². The summed E-state index contributed by atoms with van der Waals surface area (Å²) >= 11 is 0. The first-order valence-corrected chi connectivity index (χ1v) is 11.8. The van der Waals surface area contributed by atoms with Crippen LogP contribution in [0.2, 0.25) is 5.04 Å². The molecule has 0 spiro atoms. The third-order valence-corrected chi connectivity index (χ3v) is 10.9. The molecular formula is C23H31NO2Si. The van der Waals surface area contributed by atoms with Gasteiger partial charge in [-0.1, -0.05) is 81.4 Å². The quantitative estimate of drug-likeness (QED) is 0.805. The van der Waals surface area contributed by atoms with Gasteiger partial charge < -0.3 is 10.2 Å². The number of primary amides is 1. The lowest BCUT2D eigenvalue weighted by atomic mass is 9.87. The van der Waals surface area contributed by atoms with Gasteiger partial charge in [0.05, 0.1) is 0 Å². The van der Waals surface area contributed by atoms with Crippen molar-refractivity contribution in [2.45, 2.75) is 57.6 Å². The summed E-state index contributed by atoms with van der Waals surface area (Å²) in [6.07, 6.45) is 3.64. The molecule has 3 nitrogen and oxygen atoms in total. The van der Waals surface area contributed by atoms with Crippen molar-refractivity contribution >= 4 is 24.6 Å². The number of hydrogen-bond acceptors (Lipinski definition) is 2. The summed E-state index contributed by atoms with van der Waals surface area (Å²) in [7, 11) is -2.50. The van der Waals surface area contributed by atoms with E-state index in [0.29, 0.717) is 0 Å². The second-order valence-corrected chi connectivity index (χ2v) is 12.9. The van der Waals surface area contributed by atoms with Crippen molar-refractivity contribution in [3.8, 4) is 0 Å². The highest BCUT2D eigenvalue weighted by Crippen LogP contribution is 2.39. The van der Waals surface area contributed by atoms with Gasteiger partial charge in [0.2, 0.25) is 5.91 Å². The zero-order valence-corrected chi connectivity index (χ0v) is 17.7. The Morgan fingerprint density at radius 3 is 1.70 bits per heavy atom. The van der Waals surface area contributed by atoms with E-state index in [-0.39, 0.29) is 23.0 Å². The molecule has 1 amide bonds. The fraction of sp³-hybridized carbons (Fsp3) is 0.435. The number of rotatable bonds is 5. The van der Waals surface area contributed by atoms with Gasteiger partial charge in [-0.15, -0.1) is 0 Å². The lowest BCUT2D eigenvalue weighted by Crippen LogP contribution is -2.67. The van der Waals surface area contributed by atoms with Crippen LogP contribution >= 0.6 is 0 Å². The molecule has 144 valence electrons. The maximum absolute atomic E-state index is 11.5. The molecule has 1 saturated carbocycles. The van der Waals surface area contributed by atoms with E-state index in [2.05, 4.69) is 81.4 Å². The zero-order valence-electron chi connectivity index (χ0n) is 16.7. The van der Waals surface area contributed by atoms with Crippen LogP contribution in [-0.4, -0.2) is 20.3 Å². The lowest BCUT2D eigenvalue weighted by molar-refractivity contribution is -0.123. The summed E-state index contributed by atoms with van der Waals surface area (Å²) < 4.78 is 7.13. The molecule has 0 aromatic heterocycles. The van der Waals surface area contributed by atoms with Crippen LogP contribution < -0.4 is 16.1 Å². The predicted octanol–water partition coefficient (Wildman–Crippen LogP) is 3.61. The number of hydrogen-bond donors (Lipinski definition) is 1. The van der Waals surface area contributed by atoms with Gasteiger partial charge in [-0.3, -0.25) is 4.79 Å². The van der Waals surface area contributed by atoms with Crippen LogP contribution in [0.25, 0.3) is 0 Å². The molecule has 0 aliphatic heterocycles. The standard InChI is InChI=1S/C23H31NO2Si/c1-23(2,3)27(20-10-6-4-7-11-20,21-12-8-5-9-13-21)26-19-16-14-18(15-17-19)22(24)25/h4-13,18-19H,14-17H2,1-3H3,(H2,24,25)/t18-,19-. The van der Waals surface area contributed by atoms with E-state index in [4.69, 9.17) is 10.2 Å². The summed E-state index contributed by atoms with van der Waals surface area (Å²) in [6, 6.07) is 21.5. The first kappa shape index (κ1) is 19.8. The second-order valence-electron chi connectivity index (χ2n) is 8.66. The van der Waals surface area contributed by atoms with Crippen LogP contribution in [0.1, 0.15) is 46.5 Å². The van der Waals surface area contributed by atoms with E-state index in [1.807, 2.05) is 0 Å². The van der Waals surface area contributed by atoms with Crippen molar-refractivity contribution < 1.29 is 9.22 Å². The summed E-state index contributed by atoms with van der Waals surface area (Å²) in [6.45, 7) is 6.90. The van der Waals surface area contributed by atoms with Crippen LogP contribution in [0.4, 0.5) is 0 Å². The molecule has 3 rings (SSSR count). The minimum atomic E-state index is -2.50. The molecule has 1 fully saturated rings. The molecule has 2 N–H and O–H groups in total. The minimum absolute atomic E-state index is 0.00371. The van der Waals surface area contributed by atoms with Gasteiger partial charge in [-0.05, 0) is 41.1 Å². The van der Waals surface area contributed by atoms with Gasteiger partial charge in [-0.2, -0.15) is 0 Å². The van der Waals surface area contributed by atoms with E-state index in [0.717, 1.165) is 25.7 Å². The van der Waals surface area contributed by atoms with Crippen molar-refractivity contribution in [1.29, 1.82) is 0 Å². The number of carbonyl (C=O) groups excluding carboxylic acids is 1. The fourth-order valence-corrected chi connectivity index (χ4v) is 9.16. The van der Waals surface area contributed by atoms with Crippen molar-refractivity contribution in [3.63, 3.8) is 0 Å². The summed E-state index contributed by atoms with van der Waals surface area (Å²) in [5.74, 6) is -0.164. The van der Waals surface area contributed by atoms with Crippen LogP contribution in [0, 0.1) is 5.92 Å². The SMILES string of the molecule is CC(C)(C)[Si](O[C@H]1CC[C@H](C(N)=O)CC1)(c1ccccc1)c1ccccc1. The summed E-state index contributed by atoms with van der Waals surface area (Å²) in [5, 5.41) is 2.59. The Balaban J connectivity index is 2.01. The molecule has 4 heteroatoms. The smallest absolute Gasteiger partial charge is 0.261 e. The van der Waals surface area contributed by atoms with Gasteiger partial charge in [0, 0.05) is 12.0 Å². The average Bonchev–Trinajstić information content (AvgIpc) is 2.67. The Hall–Kier alpha value is -1.91. The van der Waals surface area contributed by atoms with Crippen molar-refractivity contribution in [1.82, 2.24) is 0 Å². The number of benzene rings is 2. The topological polar surface area (TPSA) is 52.3 Å². The lowest BCUT2D eigenvalue weighted by Gasteiger charge is -2.46. The molecule has 1 aliphatic carbocycles. The van der Waals surface area contributed by atoms with Crippen molar-refractivity contribution in [2.75, 3.05) is 0 Å². The van der Waals surface area contributed by atoms with E-state index >= 15 is 0 Å². The first-order chi connectivity index (χ1) is 12.8. The maximum Gasteiger partial charge on any atom is 0.261 e. The minimum Gasteiger partial charge on any atom is -0.404 e. The number of nitrogens with two attached hydrogens (primary N) is 1. The molecule has 0 unspecified atom stereocenters. The van der Waals surface area contributed by atoms with E-state index < -0.39 is 8.32 Å². The third kappa shape index (κ3) is 4.02. The number of carbonyl (C=O) groups is 1. The average molecular weight is 382 g/mol. The zero-order chi connectivity index (χ0) is 19.5. The molecule has 0 atom stereocenters. The van der Waals surface area contributed by atoms with Gasteiger partial charge in [0.25, 0.3) is 8.32 Å². The first-order valence-electron chi connectivity index (χ1n) is 9.93. The van der Waals surface area contributed by atoms with Crippen molar-refractivity contribution in [2.24, 2.45) is 11.7 Å². The van der Waals surface area contributed by atoms with Gasteiger partial charge in [0.15, 0.2) is 0 Å². The molecule has 0 radical (unpaired) electrons. The molecule has 2 aromatic rings.